The standard InChI is InChI=1S/C18H28N4O3S/c1-21-10-5-11-22(13-12-21)26(24,25)16-7-4-6-15(14-16)20-17(23)18(19)8-2-3-9-18/h4,6-7,14H,2-3,5,8-13,19H2,1H3,(H,20,23). The summed E-state index contributed by atoms with van der Waals surface area (Å²) >= 11 is 0. The van der Waals surface area contributed by atoms with Crippen LogP contribution in [0.5, 0.6) is 0 Å². The fraction of sp³-hybridized carbons (Fsp3) is 0.611. The van der Waals surface area contributed by atoms with Crippen LogP contribution in [-0.2, 0) is 14.8 Å². The van der Waals surface area contributed by atoms with Crippen LogP contribution in [0.15, 0.2) is 29.2 Å². The Morgan fingerprint density at radius 3 is 2.58 bits per heavy atom. The zero-order valence-corrected chi connectivity index (χ0v) is 16.1. The van der Waals surface area contributed by atoms with Gasteiger partial charge < -0.3 is 16.0 Å². The molecule has 26 heavy (non-hydrogen) atoms. The van der Waals surface area contributed by atoms with E-state index in [0.29, 0.717) is 38.2 Å². The Labute approximate surface area is 155 Å². The second-order valence-electron chi connectivity index (χ2n) is 7.41. The van der Waals surface area contributed by atoms with Crippen LogP contribution in [-0.4, -0.2) is 62.3 Å². The second kappa shape index (κ2) is 7.64. The molecular formula is C18H28N4O3S. The van der Waals surface area contributed by atoms with Gasteiger partial charge in [0.15, 0.2) is 0 Å². The Morgan fingerprint density at radius 2 is 1.85 bits per heavy atom. The van der Waals surface area contributed by atoms with E-state index in [2.05, 4.69) is 10.2 Å². The molecule has 0 atom stereocenters. The molecule has 1 aliphatic carbocycles. The molecule has 0 unspecified atom stereocenters. The minimum Gasteiger partial charge on any atom is -0.324 e. The highest BCUT2D eigenvalue weighted by Crippen LogP contribution is 2.29. The number of nitrogens with two attached hydrogens (primary N) is 1. The van der Waals surface area contributed by atoms with Gasteiger partial charge in [-0.15, -0.1) is 0 Å². The van der Waals surface area contributed by atoms with Gasteiger partial charge in [0.25, 0.3) is 0 Å². The number of anilines is 1. The first-order chi connectivity index (χ1) is 12.3. The van der Waals surface area contributed by atoms with Gasteiger partial charge in [-0.1, -0.05) is 18.9 Å². The van der Waals surface area contributed by atoms with E-state index in [1.165, 1.54) is 10.4 Å². The van der Waals surface area contributed by atoms with Gasteiger partial charge in [-0.25, -0.2) is 8.42 Å². The first kappa shape index (κ1) is 19.3. The van der Waals surface area contributed by atoms with Crippen LogP contribution in [0, 0.1) is 0 Å². The van der Waals surface area contributed by atoms with Gasteiger partial charge in [0.1, 0.15) is 0 Å². The van der Waals surface area contributed by atoms with E-state index in [1.807, 2.05) is 7.05 Å². The number of amides is 1. The molecule has 1 amide bonds. The predicted molar refractivity (Wildman–Crippen MR) is 101 cm³/mol. The zero-order valence-electron chi connectivity index (χ0n) is 15.3. The van der Waals surface area contributed by atoms with Crippen molar-refractivity contribution in [1.82, 2.24) is 9.21 Å². The number of carbonyl (C=O) groups is 1. The lowest BCUT2D eigenvalue weighted by atomic mass is 9.98. The lowest BCUT2D eigenvalue weighted by Gasteiger charge is -2.23. The number of rotatable bonds is 4. The highest BCUT2D eigenvalue weighted by Gasteiger charge is 2.37. The van der Waals surface area contributed by atoms with Crippen molar-refractivity contribution >= 4 is 21.6 Å². The summed E-state index contributed by atoms with van der Waals surface area (Å²) in [5.41, 5.74) is 5.81. The van der Waals surface area contributed by atoms with Crippen LogP contribution in [0.1, 0.15) is 32.1 Å². The monoisotopic (exact) mass is 380 g/mol. The Kier molecular flexibility index (Phi) is 5.67. The minimum atomic E-state index is -3.58. The maximum absolute atomic E-state index is 13.0. The SMILES string of the molecule is CN1CCCN(S(=O)(=O)c2cccc(NC(=O)C3(N)CCCC3)c2)CC1. The molecule has 0 spiro atoms. The Hall–Kier alpha value is -1.48. The van der Waals surface area contributed by atoms with E-state index in [0.717, 1.165) is 25.8 Å². The van der Waals surface area contributed by atoms with Crippen molar-refractivity contribution in [2.45, 2.75) is 42.5 Å². The number of hydrogen-bond acceptors (Lipinski definition) is 5. The number of benzene rings is 1. The molecule has 1 aromatic rings. The van der Waals surface area contributed by atoms with Crippen molar-refractivity contribution in [2.24, 2.45) is 5.73 Å². The first-order valence-electron chi connectivity index (χ1n) is 9.20. The largest absolute Gasteiger partial charge is 0.324 e. The highest BCUT2D eigenvalue weighted by atomic mass is 32.2. The summed E-state index contributed by atoms with van der Waals surface area (Å²) in [6.45, 7) is 2.59. The summed E-state index contributed by atoms with van der Waals surface area (Å²) in [6, 6.07) is 6.46. The summed E-state index contributed by atoms with van der Waals surface area (Å²) in [4.78, 5) is 14.8. The Balaban J connectivity index is 1.76. The predicted octanol–water partition coefficient (Wildman–Crippen LogP) is 1.22. The number of hydrogen-bond donors (Lipinski definition) is 2. The third-order valence-corrected chi connectivity index (χ3v) is 7.25. The smallest absolute Gasteiger partial charge is 0.244 e. The van der Waals surface area contributed by atoms with Crippen molar-refractivity contribution in [3.05, 3.63) is 24.3 Å². The Bertz CT molecular complexity index is 759. The molecule has 1 heterocycles. The van der Waals surface area contributed by atoms with Crippen molar-refractivity contribution in [1.29, 1.82) is 0 Å². The first-order valence-corrected chi connectivity index (χ1v) is 10.6. The second-order valence-corrected chi connectivity index (χ2v) is 9.34. The van der Waals surface area contributed by atoms with Crippen LogP contribution >= 0.6 is 0 Å². The van der Waals surface area contributed by atoms with Gasteiger partial charge in [-0.2, -0.15) is 4.31 Å². The molecule has 0 radical (unpaired) electrons. The lowest BCUT2D eigenvalue weighted by Crippen LogP contribution is -2.48. The van der Waals surface area contributed by atoms with E-state index in [1.54, 1.807) is 18.2 Å². The fourth-order valence-corrected chi connectivity index (χ4v) is 5.15. The fourth-order valence-electron chi connectivity index (χ4n) is 3.64. The van der Waals surface area contributed by atoms with Gasteiger partial charge >= 0.3 is 0 Å². The summed E-state index contributed by atoms with van der Waals surface area (Å²) in [5, 5.41) is 2.80. The quantitative estimate of drug-likeness (QED) is 0.819. The van der Waals surface area contributed by atoms with Crippen molar-refractivity contribution in [3.8, 4) is 0 Å². The van der Waals surface area contributed by atoms with Crippen molar-refractivity contribution in [3.63, 3.8) is 0 Å². The molecule has 2 fully saturated rings. The molecular weight excluding hydrogens is 352 g/mol. The lowest BCUT2D eigenvalue weighted by molar-refractivity contribution is -0.121. The number of likely N-dealkylation sites (N-methyl/N-ethyl adjacent to an activating group) is 1. The summed E-state index contributed by atoms with van der Waals surface area (Å²) < 4.78 is 27.5. The maximum atomic E-state index is 13.0. The number of nitrogens with one attached hydrogen (secondary N) is 1. The number of nitrogens with zero attached hydrogens (tertiary/aromatic N) is 2. The molecule has 3 rings (SSSR count). The molecule has 2 aliphatic rings. The summed E-state index contributed by atoms with van der Waals surface area (Å²) in [6.07, 6.45) is 4.03. The third kappa shape index (κ3) is 4.09. The molecule has 1 saturated carbocycles. The van der Waals surface area contributed by atoms with Crippen molar-refractivity contribution < 1.29 is 13.2 Å². The average Bonchev–Trinajstić information content (AvgIpc) is 2.94. The summed E-state index contributed by atoms with van der Waals surface area (Å²) in [7, 11) is -1.58. The topological polar surface area (TPSA) is 95.7 Å². The molecule has 144 valence electrons. The van der Waals surface area contributed by atoms with E-state index in [9.17, 15) is 13.2 Å². The Morgan fingerprint density at radius 1 is 1.12 bits per heavy atom. The zero-order chi connectivity index (χ0) is 18.8. The molecule has 1 aliphatic heterocycles. The van der Waals surface area contributed by atoms with E-state index in [-0.39, 0.29) is 10.8 Å². The molecule has 0 aromatic heterocycles. The molecule has 8 heteroatoms. The normalized spacial score (nSPS) is 22.1. The number of sulfonamides is 1. The van der Waals surface area contributed by atoms with Gasteiger partial charge in [-0.05, 0) is 51.1 Å². The van der Waals surface area contributed by atoms with Crippen molar-refractivity contribution in [2.75, 3.05) is 38.5 Å². The summed E-state index contributed by atoms with van der Waals surface area (Å²) in [5.74, 6) is -0.235. The number of carbonyl (C=O) groups excluding carboxylic acids is 1. The minimum absolute atomic E-state index is 0.206. The van der Waals surface area contributed by atoms with Crippen LogP contribution in [0.3, 0.4) is 0 Å². The van der Waals surface area contributed by atoms with E-state index >= 15 is 0 Å². The van der Waals surface area contributed by atoms with Gasteiger partial charge in [-0.3, -0.25) is 4.79 Å². The third-order valence-electron chi connectivity index (χ3n) is 5.36. The van der Waals surface area contributed by atoms with Gasteiger partial charge in [0.05, 0.1) is 10.4 Å². The van der Waals surface area contributed by atoms with E-state index in [4.69, 9.17) is 5.73 Å². The van der Waals surface area contributed by atoms with Gasteiger partial charge in [0, 0.05) is 25.3 Å². The molecule has 1 aromatic carbocycles. The van der Waals surface area contributed by atoms with E-state index < -0.39 is 15.6 Å². The molecule has 7 nitrogen and oxygen atoms in total. The van der Waals surface area contributed by atoms with Crippen LogP contribution in [0.25, 0.3) is 0 Å². The maximum Gasteiger partial charge on any atom is 0.244 e. The molecule has 1 saturated heterocycles. The van der Waals surface area contributed by atoms with Crippen LogP contribution in [0.2, 0.25) is 0 Å². The average molecular weight is 381 g/mol. The van der Waals surface area contributed by atoms with Crippen LogP contribution in [0.4, 0.5) is 5.69 Å². The molecule has 3 N–H and O–H groups in total. The molecule has 0 bridgehead atoms. The van der Waals surface area contributed by atoms with Crippen LogP contribution < -0.4 is 11.1 Å². The van der Waals surface area contributed by atoms with Gasteiger partial charge in [0.2, 0.25) is 15.9 Å². The highest BCUT2D eigenvalue weighted by molar-refractivity contribution is 7.89.